The molecule has 2 aromatic heterocycles. The van der Waals surface area contributed by atoms with Crippen LogP contribution in [0.25, 0.3) is 10.9 Å². The van der Waals surface area contributed by atoms with Crippen LogP contribution >= 0.6 is 0 Å². The van der Waals surface area contributed by atoms with Crippen LogP contribution in [0.15, 0.2) is 54.9 Å². The summed E-state index contributed by atoms with van der Waals surface area (Å²) in [5, 5.41) is 1.32. The Morgan fingerprint density at radius 1 is 1.05 bits per heavy atom. The molecule has 3 aromatic rings. The van der Waals surface area contributed by atoms with Crippen molar-refractivity contribution < 1.29 is 4.57 Å². The summed E-state index contributed by atoms with van der Waals surface area (Å²) in [5.41, 5.74) is 3.93. The summed E-state index contributed by atoms with van der Waals surface area (Å²) in [6.07, 6.45) is 7.89. The fourth-order valence-electron chi connectivity index (χ4n) is 2.60. The molecule has 2 heterocycles. The van der Waals surface area contributed by atoms with Crippen LogP contribution in [0.5, 0.6) is 0 Å². The maximum absolute atomic E-state index is 3.51. The molecule has 0 bridgehead atoms. The van der Waals surface area contributed by atoms with Gasteiger partial charge < -0.3 is 4.98 Å². The Kier molecular flexibility index (Phi) is 3.82. The van der Waals surface area contributed by atoms with Crippen LogP contribution in [0.2, 0.25) is 0 Å². The normalized spacial score (nSPS) is 11.1. The van der Waals surface area contributed by atoms with Crippen LogP contribution < -0.4 is 4.57 Å². The maximum atomic E-state index is 3.51. The van der Waals surface area contributed by atoms with Gasteiger partial charge in [-0.3, -0.25) is 0 Å². The lowest BCUT2D eigenvalue weighted by Gasteiger charge is -1.99. The Balaban J connectivity index is 1.83. The summed E-state index contributed by atoms with van der Waals surface area (Å²) in [4.78, 5) is 3.51. The van der Waals surface area contributed by atoms with Crippen molar-refractivity contribution in [1.29, 1.82) is 0 Å². The highest BCUT2D eigenvalue weighted by Gasteiger charge is 2.06. The number of hydrogen-bond donors (Lipinski definition) is 1. The van der Waals surface area contributed by atoms with E-state index in [4.69, 9.17) is 0 Å². The van der Waals surface area contributed by atoms with Crippen LogP contribution in [-0.4, -0.2) is 4.98 Å². The summed E-state index contributed by atoms with van der Waals surface area (Å²) in [6.45, 7) is 3.13. The van der Waals surface area contributed by atoms with Crippen molar-refractivity contribution in [2.24, 2.45) is 0 Å². The highest BCUT2D eigenvalue weighted by atomic mass is 14.9. The first-order valence-corrected chi connectivity index (χ1v) is 7.40. The average Bonchev–Trinajstić information content (AvgIpc) is 2.87. The number of aryl methyl sites for hydroxylation is 1. The minimum absolute atomic E-state index is 0.889. The number of fused-ring (bicyclic) bond motifs is 1. The maximum Gasteiger partial charge on any atom is 0.188 e. The number of hydrogen-bond acceptors (Lipinski definition) is 0. The Labute approximate surface area is 120 Å². The van der Waals surface area contributed by atoms with E-state index in [2.05, 4.69) is 65.3 Å². The van der Waals surface area contributed by atoms with Crippen LogP contribution in [0.3, 0.4) is 0 Å². The Bertz CT molecular complexity index is 683. The van der Waals surface area contributed by atoms with Crippen LogP contribution in [0, 0.1) is 0 Å². The zero-order chi connectivity index (χ0) is 13.8. The highest BCUT2D eigenvalue weighted by Crippen LogP contribution is 2.18. The molecule has 3 rings (SSSR count). The predicted octanol–water partition coefficient (Wildman–Crippen LogP) is 3.85. The van der Waals surface area contributed by atoms with Gasteiger partial charge >= 0.3 is 0 Å². The summed E-state index contributed by atoms with van der Waals surface area (Å²) >= 11 is 0. The van der Waals surface area contributed by atoms with Crippen LogP contribution in [0.4, 0.5) is 0 Å². The smallest absolute Gasteiger partial charge is 0.188 e. The third-order valence-corrected chi connectivity index (χ3v) is 3.69. The first-order valence-electron chi connectivity index (χ1n) is 7.40. The first kappa shape index (κ1) is 12.9. The van der Waals surface area contributed by atoms with Crippen LogP contribution in [-0.2, 0) is 13.0 Å². The zero-order valence-corrected chi connectivity index (χ0v) is 12.0. The van der Waals surface area contributed by atoms with Crippen LogP contribution in [0.1, 0.15) is 31.0 Å². The molecule has 0 atom stereocenters. The van der Waals surface area contributed by atoms with Crippen molar-refractivity contribution in [3.05, 3.63) is 66.1 Å². The molecule has 0 saturated heterocycles. The fraction of sp³-hybridized carbons (Fsp3) is 0.278. The number of aromatic amines is 1. The largest absolute Gasteiger partial charge is 0.353 e. The number of aromatic nitrogens is 2. The number of rotatable bonds is 5. The van der Waals surface area contributed by atoms with E-state index < -0.39 is 0 Å². The van der Waals surface area contributed by atoms with Gasteiger partial charge in [-0.1, -0.05) is 25.5 Å². The van der Waals surface area contributed by atoms with Crippen molar-refractivity contribution in [1.82, 2.24) is 4.98 Å². The van der Waals surface area contributed by atoms with E-state index in [1.54, 1.807) is 0 Å². The van der Waals surface area contributed by atoms with Gasteiger partial charge in [-0.15, -0.1) is 0 Å². The quantitative estimate of drug-likeness (QED) is 0.676. The first-order chi connectivity index (χ1) is 9.85. The summed E-state index contributed by atoms with van der Waals surface area (Å²) in [5.74, 6) is 0. The van der Waals surface area contributed by atoms with Gasteiger partial charge in [0.2, 0.25) is 0 Å². The molecular weight excluding hydrogens is 244 g/mol. The van der Waals surface area contributed by atoms with E-state index in [1.165, 1.54) is 41.4 Å². The second-order valence-corrected chi connectivity index (χ2v) is 5.37. The molecule has 0 unspecified atom stereocenters. The van der Waals surface area contributed by atoms with Gasteiger partial charge in [0.1, 0.15) is 0 Å². The van der Waals surface area contributed by atoms with Crippen molar-refractivity contribution >= 4 is 10.9 Å². The Morgan fingerprint density at radius 2 is 1.90 bits per heavy atom. The third kappa shape index (κ3) is 2.90. The van der Waals surface area contributed by atoms with Crippen molar-refractivity contribution in [3.8, 4) is 0 Å². The third-order valence-electron chi connectivity index (χ3n) is 3.69. The molecular formula is C18H21N2+. The van der Waals surface area contributed by atoms with Gasteiger partial charge in [-0.2, -0.15) is 4.57 Å². The topological polar surface area (TPSA) is 19.7 Å². The second-order valence-electron chi connectivity index (χ2n) is 5.37. The number of H-pyrrole nitrogens is 1. The second kappa shape index (κ2) is 5.91. The summed E-state index contributed by atoms with van der Waals surface area (Å²) in [6, 6.07) is 15.2. The molecule has 0 aliphatic carbocycles. The molecule has 0 aliphatic rings. The Hall–Kier alpha value is -2.09. The molecule has 20 heavy (non-hydrogen) atoms. The molecule has 0 radical (unpaired) electrons. The van der Waals surface area contributed by atoms with E-state index in [-0.39, 0.29) is 0 Å². The number of pyridine rings is 1. The molecule has 0 saturated carbocycles. The Morgan fingerprint density at radius 3 is 2.70 bits per heavy atom. The number of nitrogens with zero attached hydrogens (tertiary/aromatic N) is 1. The minimum atomic E-state index is 0.889. The molecule has 2 nitrogen and oxygen atoms in total. The van der Waals surface area contributed by atoms with Gasteiger partial charge in [0, 0.05) is 23.0 Å². The zero-order valence-electron chi connectivity index (χ0n) is 12.0. The monoisotopic (exact) mass is 265 g/mol. The van der Waals surface area contributed by atoms with Gasteiger partial charge in [0.05, 0.1) is 5.69 Å². The summed E-state index contributed by atoms with van der Waals surface area (Å²) < 4.78 is 2.18. The molecule has 0 amide bonds. The number of benzene rings is 1. The number of nitrogens with one attached hydrogen (secondary N) is 1. The van der Waals surface area contributed by atoms with E-state index in [0.29, 0.717) is 0 Å². The van der Waals surface area contributed by atoms with Gasteiger partial charge in [0.15, 0.2) is 18.9 Å². The van der Waals surface area contributed by atoms with Gasteiger partial charge in [0.25, 0.3) is 0 Å². The standard InChI is InChI=1S/C18H21N2/c1-2-3-7-15-8-9-18-16(12-15)13-17(19-18)14-20-10-5-4-6-11-20/h4-6,8-13,19H,2-3,7,14H2,1H3/q+1. The van der Waals surface area contributed by atoms with Crippen molar-refractivity contribution in [3.63, 3.8) is 0 Å². The summed E-state index contributed by atoms with van der Waals surface area (Å²) in [7, 11) is 0. The van der Waals surface area contributed by atoms with E-state index in [9.17, 15) is 0 Å². The van der Waals surface area contributed by atoms with Crippen molar-refractivity contribution in [2.45, 2.75) is 32.7 Å². The minimum Gasteiger partial charge on any atom is -0.353 e. The lowest BCUT2D eigenvalue weighted by atomic mass is 10.1. The van der Waals surface area contributed by atoms with E-state index in [0.717, 1.165) is 6.54 Å². The molecule has 0 aliphatic heterocycles. The molecule has 1 aromatic carbocycles. The fourth-order valence-corrected chi connectivity index (χ4v) is 2.60. The van der Waals surface area contributed by atoms with Gasteiger partial charge in [-0.25, -0.2) is 0 Å². The predicted molar refractivity (Wildman–Crippen MR) is 82.6 cm³/mol. The molecule has 102 valence electrons. The molecule has 1 N–H and O–H groups in total. The highest BCUT2D eigenvalue weighted by molar-refractivity contribution is 5.81. The SMILES string of the molecule is CCCCc1ccc2[nH]c(C[n+]3ccccc3)cc2c1. The molecule has 0 fully saturated rings. The van der Waals surface area contributed by atoms with E-state index >= 15 is 0 Å². The lowest BCUT2D eigenvalue weighted by Crippen LogP contribution is -2.32. The molecule has 2 heteroatoms. The van der Waals surface area contributed by atoms with E-state index in [1.807, 2.05) is 6.07 Å². The van der Waals surface area contributed by atoms with Crippen molar-refractivity contribution in [2.75, 3.05) is 0 Å². The number of unbranched alkanes of at least 4 members (excludes halogenated alkanes) is 1. The molecule has 0 spiro atoms. The average molecular weight is 265 g/mol. The van der Waals surface area contributed by atoms with Gasteiger partial charge in [-0.05, 0) is 36.6 Å². The lowest BCUT2D eigenvalue weighted by molar-refractivity contribution is -0.688.